The number of likely N-dealkylation sites (N-methyl/N-ethyl adjacent to an activating group) is 2. The second kappa shape index (κ2) is 3.18. The lowest BCUT2D eigenvalue weighted by molar-refractivity contribution is 0.334. The zero-order chi connectivity index (χ0) is 9.35. The quantitative estimate of drug-likeness (QED) is 0.569. The number of hydrogen-bond acceptors (Lipinski definition) is 2. The normalized spacial score (nSPS) is 24.1. The third kappa shape index (κ3) is 2.60. The van der Waals surface area contributed by atoms with Gasteiger partial charge in [-0.3, -0.25) is 4.90 Å². The maximum absolute atomic E-state index is 4.78. The first-order chi connectivity index (χ1) is 5.38. The molecule has 1 rings (SSSR count). The van der Waals surface area contributed by atoms with E-state index in [-0.39, 0.29) is 0 Å². The number of nitrogens with zero attached hydrogens (tertiary/aromatic N) is 3. The van der Waals surface area contributed by atoms with E-state index in [0.717, 1.165) is 13.2 Å². The van der Waals surface area contributed by atoms with Crippen LogP contribution in [0.1, 0.15) is 0 Å². The lowest BCUT2D eigenvalue weighted by Crippen LogP contribution is -2.27. The summed E-state index contributed by atoms with van der Waals surface area (Å²) in [5.41, 5.74) is 0. The molecule has 0 aromatic carbocycles. The van der Waals surface area contributed by atoms with E-state index in [0.29, 0.717) is 0 Å². The molecule has 1 heterocycles. The van der Waals surface area contributed by atoms with E-state index in [9.17, 15) is 0 Å². The Labute approximate surface area is 76.2 Å². The molecule has 4 heteroatoms. The number of amidine groups is 1. The standard InChI is InChI=1S/C8H19N3Si/c1-10-6-8(11(2)7-10)9-12(3,4)5/h6-7H2,1-5H3/b9-8+. The summed E-state index contributed by atoms with van der Waals surface area (Å²) in [7, 11) is 2.97. The van der Waals surface area contributed by atoms with Gasteiger partial charge in [0, 0.05) is 7.05 Å². The SMILES string of the molecule is CN1C/C(=N\[Si](C)(C)C)N(C)C1. The topological polar surface area (TPSA) is 18.8 Å². The molecular formula is C8H19N3Si. The van der Waals surface area contributed by atoms with Crippen molar-refractivity contribution >= 4 is 14.1 Å². The maximum Gasteiger partial charge on any atom is 0.174 e. The van der Waals surface area contributed by atoms with Crippen LogP contribution in [0.3, 0.4) is 0 Å². The van der Waals surface area contributed by atoms with E-state index in [1.54, 1.807) is 0 Å². The Morgan fingerprint density at radius 1 is 1.25 bits per heavy atom. The van der Waals surface area contributed by atoms with Crippen molar-refractivity contribution in [1.29, 1.82) is 0 Å². The first-order valence-electron chi connectivity index (χ1n) is 4.37. The van der Waals surface area contributed by atoms with Crippen LogP contribution in [0.4, 0.5) is 0 Å². The zero-order valence-corrected chi connectivity index (χ0v) is 9.76. The van der Waals surface area contributed by atoms with Crippen molar-refractivity contribution in [1.82, 2.24) is 9.80 Å². The van der Waals surface area contributed by atoms with Crippen molar-refractivity contribution in [2.45, 2.75) is 19.6 Å². The minimum Gasteiger partial charge on any atom is -0.350 e. The number of rotatable bonds is 1. The number of hydrogen-bond donors (Lipinski definition) is 0. The highest BCUT2D eigenvalue weighted by molar-refractivity contribution is 6.75. The summed E-state index contributed by atoms with van der Waals surface area (Å²) < 4.78 is 4.78. The van der Waals surface area contributed by atoms with Crippen molar-refractivity contribution in [2.24, 2.45) is 4.66 Å². The predicted octanol–water partition coefficient (Wildman–Crippen LogP) is 1.05. The van der Waals surface area contributed by atoms with Gasteiger partial charge < -0.3 is 9.56 Å². The van der Waals surface area contributed by atoms with E-state index in [1.165, 1.54) is 5.84 Å². The molecule has 0 aromatic heterocycles. The molecular weight excluding hydrogens is 166 g/mol. The van der Waals surface area contributed by atoms with Gasteiger partial charge >= 0.3 is 0 Å². The minimum absolute atomic E-state index is 1.01. The van der Waals surface area contributed by atoms with Gasteiger partial charge in [-0.2, -0.15) is 0 Å². The third-order valence-electron chi connectivity index (χ3n) is 1.77. The van der Waals surface area contributed by atoms with Crippen LogP contribution >= 0.6 is 0 Å². The minimum atomic E-state index is -1.27. The molecule has 1 aliphatic rings. The molecule has 0 bridgehead atoms. The largest absolute Gasteiger partial charge is 0.350 e. The van der Waals surface area contributed by atoms with Gasteiger partial charge in [-0.1, -0.05) is 0 Å². The molecule has 0 unspecified atom stereocenters. The van der Waals surface area contributed by atoms with Gasteiger partial charge in [0.1, 0.15) is 5.84 Å². The Bertz CT molecular complexity index is 195. The Kier molecular flexibility index (Phi) is 2.58. The summed E-state index contributed by atoms with van der Waals surface area (Å²) in [6, 6.07) is 0. The van der Waals surface area contributed by atoms with E-state index in [1.807, 2.05) is 0 Å². The Balaban J connectivity index is 2.70. The highest BCUT2D eigenvalue weighted by Crippen LogP contribution is 2.08. The van der Waals surface area contributed by atoms with Gasteiger partial charge in [0.15, 0.2) is 8.24 Å². The molecule has 1 saturated heterocycles. The molecule has 1 fully saturated rings. The van der Waals surface area contributed by atoms with E-state index < -0.39 is 8.24 Å². The average Bonchev–Trinajstić information content (AvgIpc) is 2.06. The van der Waals surface area contributed by atoms with E-state index in [4.69, 9.17) is 4.66 Å². The molecule has 0 radical (unpaired) electrons. The first-order valence-corrected chi connectivity index (χ1v) is 7.81. The van der Waals surface area contributed by atoms with Crippen molar-refractivity contribution in [2.75, 3.05) is 27.3 Å². The highest BCUT2D eigenvalue weighted by atomic mass is 28.3. The fourth-order valence-corrected chi connectivity index (χ4v) is 2.38. The average molecular weight is 185 g/mol. The van der Waals surface area contributed by atoms with Crippen molar-refractivity contribution in [3.05, 3.63) is 0 Å². The van der Waals surface area contributed by atoms with Crippen LogP contribution in [0.25, 0.3) is 0 Å². The molecule has 0 atom stereocenters. The molecule has 3 nitrogen and oxygen atoms in total. The first kappa shape index (κ1) is 9.73. The molecule has 12 heavy (non-hydrogen) atoms. The highest BCUT2D eigenvalue weighted by Gasteiger charge is 2.22. The summed E-state index contributed by atoms with van der Waals surface area (Å²) in [6.45, 7) is 8.84. The van der Waals surface area contributed by atoms with E-state index in [2.05, 4.69) is 43.5 Å². The van der Waals surface area contributed by atoms with E-state index >= 15 is 0 Å². The smallest absolute Gasteiger partial charge is 0.174 e. The van der Waals surface area contributed by atoms with Crippen LogP contribution in [0.2, 0.25) is 19.6 Å². The molecule has 0 amide bonds. The zero-order valence-electron chi connectivity index (χ0n) is 8.76. The molecule has 0 N–H and O–H groups in total. The molecule has 1 aliphatic heterocycles. The summed E-state index contributed by atoms with van der Waals surface area (Å²) in [4.78, 5) is 4.51. The van der Waals surface area contributed by atoms with Crippen LogP contribution in [0.15, 0.2) is 4.66 Å². The fourth-order valence-electron chi connectivity index (χ4n) is 1.36. The second-order valence-corrected chi connectivity index (χ2v) is 9.12. The van der Waals surface area contributed by atoms with Crippen LogP contribution in [-0.4, -0.2) is 51.2 Å². The third-order valence-corrected chi connectivity index (χ3v) is 2.70. The van der Waals surface area contributed by atoms with Crippen LogP contribution in [0.5, 0.6) is 0 Å². The van der Waals surface area contributed by atoms with Gasteiger partial charge in [-0.05, 0) is 26.7 Å². The summed E-state index contributed by atoms with van der Waals surface area (Å²) in [5.74, 6) is 1.26. The van der Waals surface area contributed by atoms with Gasteiger partial charge in [0.2, 0.25) is 0 Å². The molecule has 70 valence electrons. The summed E-state index contributed by atoms with van der Waals surface area (Å²) in [5, 5.41) is 0. The monoisotopic (exact) mass is 185 g/mol. The fraction of sp³-hybridized carbons (Fsp3) is 0.875. The molecule has 0 spiro atoms. The van der Waals surface area contributed by atoms with Gasteiger partial charge in [-0.15, -0.1) is 0 Å². The van der Waals surface area contributed by atoms with Crippen LogP contribution in [0, 0.1) is 0 Å². The maximum atomic E-state index is 4.78. The van der Waals surface area contributed by atoms with Gasteiger partial charge in [0.05, 0.1) is 13.2 Å². The summed E-state index contributed by atoms with van der Waals surface area (Å²) in [6.07, 6.45) is 0. The molecule has 0 aromatic rings. The van der Waals surface area contributed by atoms with Gasteiger partial charge in [0.25, 0.3) is 0 Å². The van der Waals surface area contributed by atoms with Crippen molar-refractivity contribution in [3.63, 3.8) is 0 Å². The van der Waals surface area contributed by atoms with Gasteiger partial charge in [-0.25, -0.2) is 0 Å². The van der Waals surface area contributed by atoms with Crippen LogP contribution < -0.4 is 0 Å². The van der Waals surface area contributed by atoms with Crippen LogP contribution in [-0.2, 0) is 0 Å². The summed E-state index contributed by atoms with van der Waals surface area (Å²) >= 11 is 0. The molecule has 0 aliphatic carbocycles. The Hall–Kier alpha value is -0.353. The lowest BCUT2D eigenvalue weighted by Gasteiger charge is -2.15. The lowest BCUT2D eigenvalue weighted by atomic mass is 10.6. The predicted molar refractivity (Wildman–Crippen MR) is 56.0 cm³/mol. The Morgan fingerprint density at radius 2 is 1.83 bits per heavy atom. The Morgan fingerprint density at radius 3 is 2.17 bits per heavy atom. The molecule has 0 saturated carbocycles. The second-order valence-electron chi connectivity index (χ2n) is 4.55. The van der Waals surface area contributed by atoms with Crippen molar-refractivity contribution < 1.29 is 0 Å². The van der Waals surface area contributed by atoms with Crippen molar-refractivity contribution in [3.8, 4) is 0 Å².